The number of oxazole rings is 1. The Kier molecular flexibility index (Phi) is 3.41. The topological polar surface area (TPSA) is 63.8 Å². The summed E-state index contributed by atoms with van der Waals surface area (Å²) in [6.45, 7) is 2.56. The van der Waals surface area contributed by atoms with E-state index >= 15 is 0 Å². The van der Waals surface area contributed by atoms with Crippen LogP contribution in [0.15, 0.2) is 53.5 Å². The van der Waals surface area contributed by atoms with Crippen LogP contribution >= 0.6 is 0 Å². The van der Waals surface area contributed by atoms with Crippen LogP contribution in [0.2, 0.25) is 0 Å². The minimum absolute atomic E-state index is 0.672. The lowest BCUT2D eigenvalue weighted by atomic mass is 10.1. The third-order valence-electron chi connectivity index (χ3n) is 2.91. The summed E-state index contributed by atoms with van der Waals surface area (Å²) in [5.74, 6) is 1.55. The fourth-order valence-corrected chi connectivity index (χ4v) is 1.91. The van der Waals surface area contributed by atoms with E-state index < -0.39 is 0 Å². The summed E-state index contributed by atoms with van der Waals surface area (Å²) in [4.78, 5) is 12.3. The number of benzene rings is 1. The molecule has 0 atom stereocenters. The number of hydrogen-bond donors (Lipinski definition) is 1. The van der Waals surface area contributed by atoms with Crippen molar-refractivity contribution in [2.75, 3.05) is 5.32 Å². The van der Waals surface area contributed by atoms with Gasteiger partial charge in [-0.05, 0) is 37.3 Å². The Morgan fingerprint density at radius 2 is 2.00 bits per heavy atom. The van der Waals surface area contributed by atoms with Gasteiger partial charge in [-0.1, -0.05) is 0 Å². The lowest BCUT2D eigenvalue weighted by Gasteiger charge is -2.06. The van der Waals surface area contributed by atoms with Crippen LogP contribution in [0.1, 0.15) is 11.5 Å². The van der Waals surface area contributed by atoms with E-state index in [1.807, 2.05) is 37.3 Å². The molecule has 5 nitrogen and oxygen atoms in total. The zero-order valence-corrected chi connectivity index (χ0v) is 11.1. The first kappa shape index (κ1) is 12.3. The second-order valence-corrected chi connectivity index (χ2v) is 4.39. The van der Waals surface area contributed by atoms with Gasteiger partial charge in [0.1, 0.15) is 5.82 Å². The van der Waals surface area contributed by atoms with Gasteiger partial charge in [-0.15, -0.1) is 0 Å². The first-order chi connectivity index (χ1) is 9.81. The van der Waals surface area contributed by atoms with Crippen molar-refractivity contribution in [2.24, 2.45) is 0 Å². The average molecular weight is 266 g/mol. The third kappa shape index (κ3) is 2.83. The van der Waals surface area contributed by atoms with E-state index in [-0.39, 0.29) is 0 Å². The highest BCUT2D eigenvalue weighted by atomic mass is 16.3. The molecule has 3 aromatic rings. The summed E-state index contributed by atoms with van der Waals surface area (Å²) in [5.41, 5.74) is 3.01. The molecule has 100 valence electrons. The summed E-state index contributed by atoms with van der Waals surface area (Å²) >= 11 is 0. The van der Waals surface area contributed by atoms with Crippen molar-refractivity contribution in [2.45, 2.75) is 13.5 Å². The maximum atomic E-state index is 5.25. The first-order valence-corrected chi connectivity index (χ1v) is 6.32. The van der Waals surface area contributed by atoms with E-state index in [4.69, 9.17) is 4.42 Å². The van der Waals surface area contributed by atoms with E-state index in [9.17, 15) is 0 Å². The molecule has 0 radical (unpaired) electrons. The standard InChI is InChI=1S/C15H14N4O/c1-11-17-7-6-14(19-11)8-18-13-4-2-12(3-5-13)15-9-16-10-20-15/h2-7,9-10,18H,8H2,1H3. The van der Waals surface area contributed by atoms with Crippen LogP contribution in [0.25, 0.3) is 11.3 Å². The number of nitrogens with zero attached hydrogens (tertiary/aromatic N) is 3. The Morgan fingerprint density at radius 1 is 1.15 bits per heavy atom. The molecule has 0 fully saturated rings. The predicted octanol–water partition coefficient (Wildman–Crippen LogP) is 3.05. The van der Waals surface area contributed by atoms with Crippen LogP contribution in [0.5, 0.6) is 0 Å². The average Bonchev–Trinajstić information content (AvgIpc) is 3.00. The van der Waals surface area contributed by atoms with Gasteiger partial charge in [0.2, 0.25) is 0 Å². The van der Waals surface area contributed by atoms with Crippen molar-refractivity contribution in [1.82, 2.24) is 15.0 Å². The van der Waals surface area contributed by atoms with E-state index in [2.05, 4.69) is 20.3 Å². The van der Waals surface area contributed by atoms with Crippen molar-refractivity contribution in [3.05, 3.63) is 60.6 Å². The Morgan fingerprint density at radius 3 is 2.70 bits per heavy atom. The van der Waals surface area contributed by atoms with Crippen LogP contribution in [-0.2, 0) is 6.54 Å². The van der Waals surface area contributed by atoms with Crippen molar-refractivity contribution in [3.63, 3.8) is 0 Å². The Hall–Kier alpha value is -2.69. The highest BCUT2D eigenvalue weighted by Gasteiger charge is 2.01. The van der Waals surface area contributed by atoms with Gasteiger partial charge in [0.05, 0.1) is 18.4 Å². The molecule has 0 aliphatic heterocycles. The summed E-state index contributed by atoms with van der Waals surface area (Å²) < 4.78 is 5.25. The van der Waals surface area contributed by atoms with Crippen LogP contribution in [-0.4, -0.2) is 15.0 Å². The molecule has 0 spiro atoms. The number of aryl methyl sites for hydroxylation is 1. The van der Waals surface area contributed by atoms with Gasteiger partial charge in [-0.3, -0.25) is 0 Å². The van der Waals surface area contributed by atoms with Gasteiger partial charge in [0.15, 0.2) is 12.2 Å². The third-order valence-corrected chi connectivity index (χ3v) is 2.91. The highest BCUT2D eigenvalue weighted by Crippen LogP contribution is 2.20. The van der Waals surface area contributed by atoms with Crippen LogP contribution in [0.4, 0.5) is 5.69 Å². The SMILES string of the molecule is Cc1nccc(CNc2ccc(-c3cnco3)cc2)n1. The molecular formula is C15H14N4O. The molecule has 5 heteroatoms. The van der Waals surface area contributed by atoms with E-state index in [0.717, 1.165) is 28.5 Å². The van der Waals surface area contributed by atoms with E-state index in [1.165, 1.54) is 6.39 Å². The fourth-order valence-electron chi connectivity index (χ4n) is 1.91. The largest absolute Gasteiger partial charge is 0.444 e. The van der Waals surface area contributed by atoms with Crippen molar-refractivity contribution < 1.29 is 4.42 Å². The number of aromatic nitrogens is 3. The summed E-state index contributed by atoms with van der Waals surface area (Å²) in [6, 6.07) is 9.91. The van der Waals surface area contributed by atoms with Crippen molar-refractivity contribution in [1.29, 1.82) is 0 Å². The summed E-state index contributed by atoms with van der Waals surface area (Å²) in [5, 5.41) is 3.32. The summed E-state index contributed by atoms with van der Waals surface area (Å²) in [6.07, 6.45) is 4.90. The molecule has 2 aromatic heterocycles. The normalized spacial score (nSPS) is 10.4. The number of anilines is 1. The van der Waals surface area contributed by atoms with Gasteiger partial charge in [-0.25, -0.2) is 15.0 Å². The van der Waals surface area contributed by atoms with Gasteiger partial charge in [-0.2, -0.15) is 0 Å². The van der Waals surface area contributed by atoms with Crippen molar-refractivity contribution >= 4 is 5.69 Å². The number of nitrogens with one attached hydrogen (secondary N) is 1. The molecular weight excluding hydrogens is 252 g/mol. The lowest BCUT2D eigenvalue weighted by Crippen LogP contribution is -2.03. The second-order valence-electron chi connectivity index (χ2n) is 4.39. The molecule has 20 heavy (non-hydrogen) atoms. The Balaban J connectivity index is 1.67. The minimum Gasteiger partial charge on any atom is -0.444 e. The molecule has 0 unspecified atom stereocenters. The zero-order chi connectivity index (χ0) is 13.8. The molecule has 0 bridgehead atoms. The number of hydrogen-bond acceptors (Lipinski definition) is 5. The second kappa shape index (κ2) is 5.52. The molecule has 1 aromatic carbocycles. The molecule has 3 rings (SSSR count). The van der Waals surface area contributed by atoms with Crippen molar-refractivity contribution in [3.8, 4) is 11.3 Å². The van der Waals surface area contributed by atoms with Crippen LogP contribution in [0.3, 0.4) is 0 Å². The smallest absolute Gasteiger partial charge is 0.181 e. The first-order valence-electron chi connectivity index (χ1n) is 6.32. The molecule has 2 heterocycles. The maximum Gasteiger partial charge on any atom is 0.181 e. The summed E-state index contributed by atoms with van der Waals surface area (Å²) in [7, 11) is 0. The highest BCUT2D eigenvalue weighted by molar-refractivity contribution is 5.60. The molecule has 0 aliphatic carbocycles. The van der Waals surface area contributed by atoms with Gasteiger partial charge in [0, 0.05) is 17.4 Å². The maximum absolute atomic E-state index is 5.25. The van der Waals surface area contributed by atoms with E-state index in [0.29, 0.717) is 6.54 Å². The quantitative estimate of drug-likeness (QED) is 0.786. The minimum atomic E-state index is 0.672. The monoisotopic (exact) mass is 266 g/mol. The Bertz CT molecular complexity index is 677. The van der Waals surface area contributed by atoms with Gasteiger partial charge >= 0.3 is 0 Å². The number of rotatable bonds is 4. The van der Waals surface area contributed by atoms with E-state index in [1.54, 1.807) is 12.4 Å². The molecule has 0 aliphatic rings. The molecule has 0 saturated carbocycles. The molecule has 0 saturated heterocycles. The predicted molar refractivity (Wildman–Crippen MR) is 76.0 cm³/mol. The Labute approximate surface area is 116 Å². The molecule has 0 amide bonds. The zero-order valence-electron chi connectivity index (χ0n) is 11.1. The van der Waals surface area contributed by atoms with Gasteiger partial charge < -0.3 is 9.73 Å². The lowest BCUT2D eigenvalue weighted by molar-refractivity contribution is 0.572. The molecule has 1 N–H and O–H groups in total. The fraction of sp³-hybridized carbons (Fsp3) is 0.133. The van der Waals surface area contributed by atoms with Gasteiger partial charge in [0.25, 0.3) is 0 Å². The van der Waals surface area contributed by atoms with Crippen LogP contribution in [0, 0.1) is 6.92 Å². The van der Waals surface area contributed by atoms with Crippen LogP contribution < -0.4 is 5.32 Å².